The van der Waals surface area contributed by atoms with E-state index in [9.17, 15) is 0 Å². The molecule has 0 unspecified atom stereocenters. The Morgan fingerprint density at radius 1 is 0.737 bits per heavy atom. The van der Waals surface area contributed by atoms with Crippen molar-refractivity contribution < 1.29 is 0 Å². The molecule has 0 spiro atoms. The molecular weight excluding hydrogens is 232 g/mol. The van der Waals surface area contributed by atoms with Gasteiger partial charge in [-0.15, -0.1) is 0 Å². The van der Waals surface area contributed by atoms with Crippen molar-refractivity contribution in [2.45, 2.75) is 0 Å². The van der Waals surface area contributed by atoms with Crippen LogP contribution in [-0.4, -0.2) is 5.84 Å². The second kappa shape index (κ2) is 4.94. The summed E-state index contributed by atoms with van der Waals surface area (Å²) in [6, 6.07) is 24.0. The lowest BCUT2D eigenvalue weighted by Crippen LogP contribution is -2.12. The Kier molecular flexibility index (Phi) is 2.99. The number of benzene rings is 3. The van der Waals surface area contributed by atoms with Crippen LogP contribution in [-0.2, 0) is 0 Å². The van der Waals surface area contributed by atoms with Crippen LogP contribution in [0.1, 0.15) is 5.56 Å². The van der Waals surface area contributed by atoms with Crippen molar-refractivity contribution >= 4 is 22.3 Å². The number of fused-ring (bicyclic) bond motifs is 1. The Bertz CT molecular complexity index is 725. The van der Waals surface area contributed by atoms with E-state index in [0.717, 1.165) is 16.6 Å². The number of aliphatic imine (C=N–C) groups is 1. The first-order chi connectivity index (χ1) is 9.34. The van der Waals surface area contributed by atoms with E-state index in [1.807, 2.05) is 54.6 Å². The summed E-state index contributed by atoms with van der Waals surface area (Å²) >= 11 is 0. The summed E-state index contributed by atoms with van der Waals surface area (Å²) in [7, 11) is 0. The third-order valence-electron chi connectivity index (χ3n) is 3.08. The van der Waals surface area contributed by atoms with Crippen molar-refractivity contribution in [2.75, 3.05) is 0 Å². The molecule has 3 rings (SSSR count). The molecule has 0 aliphatic heterocycles. The first kappa shape index (κ1) is 11.5. The van der Waals surface area contributed by atoms with Gasteiger partial charge in [0.1, 0.15) is 5.84 Å². The molecular formula is C17H14N2. The summed E-state index contributed by atoms with van der Waals surface area (Å²) in [4.78, 5) is 4.55. The average molecular weight is 246 g/mol. The van der Waals surface area contributed by atoms with Gasteiger partial charge in [-0.1, -0.05) is 66.7 Å². The van der Waals surface area contributed by atoms with Crippen molar-refractivity contribution in [1.82, 2.24) is 0 Å². The largest absolute Gasteiger partial charge is 0.383 e. The maximum atomic E-state index is 6.07. The van der Waals surface area contributed by atoms with Crippen molar-refractivity contribution in [3.05, 3.63) is 78.4 Å². The first-order valence-electron chi connectivity index (χ1n) is 6.22. The second-order valence-corrected chi connectivity index (χ2v) is 4.36. The monoisotopic (exact) mass is 246 g/mol. The molecule has 0 aromatic heterocycles. The highest BCUT2D eigenvalue weighted by atomic mass is 14.9. The van der Waals surface area contributed by atoms with Crippen LogP contribution in [0.3, 0.4) is 0 Å². The van der Waals surface area contributed by atoms with E-state index in [0.29, 0.717) is 5.84 Å². The zero-order valence-corrected chi connectivity index (χ0v) is 10.5. The molecule has 2 N–H and O–H groups in total. The van der Waals surface area contributed by atoms with Gasteiger partial charge in [0, 0.05) is 10.9 Å². The molecule has 0 fully saturated rings. The van der Waals surface area contributed by atoms with E-state index in [1.54, 1.807) is 0 Å². The van der Waals surface area contributed by atoms with Crippen LogP contribution >= 0.6 is 0 Å². The second-order valence-electron chi connectivity index (χ2n) is 4.36. The van der Waals surface area contributed by atoms with Crippen molar-refractivity contribution in [3.63, 3.8) is 0 Å². The lowest BCUT2D eigenvalue weighted by molar-refractivity contribution is 1.47. The topological polar surface area (TPSA) is 38.4 Å². The molecule has 0 heterocycles. The standard InChI is InChI=1S/C17H14N2/c18-17(14-8-2-1-3-9-14)19-16-12-6-10-13-7-4-5-11-15(13)16/h1-12H,(H2,18,19). The fourth-order valence-electron chi connectivity index (χ4n) is 2.11. The van der Waals surface area contributed by atoms with Gasteiger partial charge in [0.05, 0.1) is 5.69 Å². The third kappa shape index (κ3) is 2.33. The molecule has 2 nitrogen and oxygen atoms in total. The molecule has 0 atom stereocenters. The molecule has 0 saturated heterocycles. The van der Waals surface area contributed by atoms with Crippen LogP contribution in [0, 0.1) is 0 Å². The number of hydrogen-bond acceptors (Lipinski definition) is 1. The number of hydrogen-bond donors (Lipinski definition) is 1. The average Bonchev–Trinajstić information content (AvgIpc) is 2.48. The van der Waals surface area contributed by atoms with Gasteiger partial charge >= 0.3 is 0 Å². The summed E-state index contributed by atoms with van der Waals surface area (Å²) in [5.41, 5.74) is 7.91. The summed E-state index contributed by atoms with van der Waals surface area (Å²) in [6.07, 6.45) is 0. The molecule has 0 saturated carbocycles. The third-order valence-corrected chi connectivity index (χ3v) is 3.08. The molecule has 92 valence electrons. The molecule has 0 amide bonds. The lowest BCUT2D eigenvalue weighted by atomic mass is 10.1. The fraction of sp³-hybridized carbons (Fsp3) is 0. The molecule has 0 aliphatic carbocycles. The summed E-state index contributed by atoms with van der Waals surface area (Å²) in [5.74, 6) is 0.539. The van der Waals surface area contributed by atoms with Crippen LogP contribution in [0.25, 0.3) is 10.8 Å². The lowest BCUT2D eigenvalue weighted by Gasteiger charge is -2.04. The Hall–Kier alpha value is -2.61. The Morgan fingerprint density at radius 3 is 2.26 bits per heavy atom. The van der Waals surface area contributed by atoms with Crippen molar-refractivity contribution in [1.29, 1.82) is 0 Å². The molecule has 3 aromatic rings. The number of amidine groups is 1. The minimum Gasteiger partial charge on any atom is -0.383 e. The van der Waals surface area contributed by atoms with E-state index in [-0.39, 0.29) is 0 Å². The fourth-order valence-corrected chi connectivity index (χ4v) is 2.11. The van der Waals surface area contributed by atoms with Crippen molar-refractivity contribution in [3.8, 4) is 0 Å². The molecule has 2 heteroatoms. The van der Waals surface area contributed by atoms with E-state index in [1.165, 1.54) is 5.39 Å². The van der Waals surface area contributed by atoms with Gasteiger partial charge in [-0.3, -0.25) is 0 Å². The highest BCUT2D eigenvalue weighted by Crippen LogP contribution is 2.25. The van der Waals surface area contributed by atoms with Gasteiger partial charge < -0.3 is 5.73 Å². The van der Waals surface area contributed by atoms with Crippen LogP contribution in [0.15, 0.2) is 77.8 Å². The Labute approximate surface area is 112 Å². The molecule has 0 radical (unpaired) electrons. The predicted octanol–water partition coefficient (Wildman–Crippen LogP) is 3.88. The smallest absolute Gasteiger partial charge is 0.131 e. The minimum atomic E-state index is 0.539. The summed E-state index contributed by atoms with van der Waals surface area (Å²) in [6.45, 7) is 0. The quantitative estimate of drug-likeness (QED) is 0.541. The van der Waals surface area contributed by atoms with E-state index in [4.69, 9.17) is 5.73 Å². The van der Waals surface area contributed by atoms with Crippen LogP contribution in [0.5, 0.6) is 0 Å². The predicted molar refractivity (Wildman–Crippen MR) is 80.8 cm³/mol. The highest BCUT2D eigenvalue weighted by Gasteiger charge is 2.01. The zero-order chi connectivity index (χ0) is 13.1. The number of rotatable bonds is 2. The van der Waals surface area contributed by atoms with Crippen LogP contribution < -0.4 is 5.73 Å². The number of nitrogens with two attached hydrogens (primary N) is 1. The molecule has 0 aliphatic rings. The number of nitrogens with zero attached hydrogens (tertiary/aromatic N) is 1. The summed E-state index contributed by atoms with van der Waals surface area (Å²) < 4.78 is 0. The first-order valence-corrected chi connectivity index (χ1v) is 6.22. The Morgan fingerprint density at radius 2 is 1.42 bits per heavy atom. The molecule has 0 bridgehead atoms. The van der Waals surface area contributed by atoms with Crippen molar-refractivity contribution in [2.24, 2.45) is 10.7 Å². The minimum absolute atomic E-state index is 0.539. The maximum Gasteiger partial charge on any atom is 0.131 e. The maximum absolute atomic E-state index is 6.07. The van der Waals surface area contributed by atoms with Gasteiger partial charge in [-0.05, 0) is 11.5 Å². The van der Waals surface area contributed by atoms with Crippen LogP contribution in [0.2, 0.25) is 0 Å². The van der Waals surface area contributed by atoms with E-state index < -0.39 is 0 Å². The van der Waals surface area contributed by atoms with E-state index in [2.05, 4.69) is 23.2 Å². The van der Waals surface area contributed by atoms with Crippen LogP contribution in [0.4, 0.5) is 5.69 Å². The summed E-state index contributed by atoms with van der Waals surface area (Å²) in [5, 5.41) is 2.29. The Balaban J connectivity index is 2.11. The van der Waals surface area contributed by atoms with Gasteiger partial charge in [0.15, 0.2) is 0 Å². The van der Waals surface area contributed by atoms with Gasteiger partial charge in [0.25, 0.3) is 0 Å². The van der Waals surface area contributed by atoms with Gasteiger partial charge in [0.2, 0.25) is 0 Å². The SMILES string of the molecule is NC(=Nc1cccc2ccccc12)c1ccccc1. The molecule has 3 aromatic carbocycles. The molecule has 19 heavy (non-hydrogen) atoms. The normalized spacial score (nSPS) is 11.7. The highest BCUT2D eigenvalue weighted by molar-refractivity contribution is 6.02. The zero-order valence-electron chi connectivity index (χ0n) is 10.5. The van der Waals surface area contributed by atoms with Gasteiger partial charge in [-0.25, -0.2) is 4.99 Å². The van der Waals surface area contributed by atoms with Gasteiger partial charge in [-0.2, -0.15) is 0 Å². The van der Waals surface area contributed by atoms with E-state index >= 15 is 0 Å².